The van der Waals surface area contributed by atoms with E-state index < -0.39 is 35.2 Å². The summed E-state index contributed by atoms with van der Waals surface area (Å²) in [4.78, 5) is 38.2. The number of hydrogen-bond acceptors (Lipinski definition) is 8. The molecule has 0 aliphatic carbocycles. The number of nitrogens with one attached hydrogen (secondary N) is 2. The van der Waals surface area contributed by atoms with Gasteiger partial charge in [-0.05, 0) is 39.3 Å². The van der Waals surface area contributed by atoms with Crippen molar-refractivity contribution < 1.29 is 33.0 Å². The van der Waals surface area contributed by atoms with Crippen molar-refractivity contribution in [1.82, 2.24) is 5.32 Å². The maximum atomic E-state index is 14.6. The molecule has 0 spiro atoms. The van der Waals surface area contributed by atoms with E-state index in [1.54, 1.807) is 32.9 Å². The summed E-state index contributed by atoms with van der Waals surface area (Å²) in [5.41, 5.74) is -0.368. The summed E-state index contributed by atoms with van der Waals surface area (Å²) in [5, 5.41) is 5.53. The van der Waals surface area contributed by atoms with E-state index in [0.717, 1.165) is 6.20 Å². The lowest BCUT2D eigenvalue weighted by atomic mass is 10.2. The number of amides is 1. The largest absolute Gasteiger partial charge is 0.444 e. The van der Waals surface area contributed by atoms with Gasteiger partial charge in [0.05, 0.1) is 17.4 Å². The maximum absolute atomic E-state index is 14.6. The fourth-order valence-corrected chi connectivity index (χ4v) is 3.41. The number of para-hydroxylation sites is 1. The Morgan fingerprint density at radius 3 is 2.53 bits per heavy atom. The second-order valence-corrected chi connectivity index (χ2v) is 9.09. The van der Waals surface area contributed by atoms with Crippen LogP contribution in [0.25, 0.3) is 0 Å². The van der Waals surface area contributed by atoms with Gasteiger partial charge in [-0.2, -0.15) is 0 Å². The van der Waals surface area contributed by atoms with Crippen LogP contribution in [-0.4, -0.2) is 48.6 Å². The van der Waals surface area contributed by atoms with Gasteiger partial charge in [0.25, 0.3) is 5.79 Å². The van der Waals surface area contributed by atoms with Crippen LogP contribution in [0.1, 0.15) is 41.0 Å². The predicted octanol–water partition coefficient (Wildman–Crippen LogP) is 3.06. The minimum atomic E-state index is -1.36. The number of alkyl carbamates (subject to hydrolysis) is 1. The van der Waals surface area contributed by atoms with Crippen LogP contribution in [0, 0.1) is 5.82 Å². The van der Waals surface area contributed by atoms with Crippen molar-refractivity contribution in [2.24, 2.45) is 0 Å². The number of rotatable bonds is 4. The van der Waals surface area contributed by atoms with Gasteiger partial charge in [0.2, 0.25) is 0 Å². The lowest BCUT2D eigenvalue weighted by Gasteiger charge is -2.29. The zero-order valence-electron chi connectivity index (χ0n) is 18.8. The lowest BCUT2D eigenvalue weighted by molar-refractivity contribution is -0.222. The smallest absolute Gasteiger partial charge is 0.407 e. The van der Waals surface area contributed by atoms with E-state index in [2.05, 4.69) is 10.6 Å². The van der Waals surface area contributed by atoms with E-state index in [4.69, 9.17) is 14.2 Å². The molecule has 1 aromatic carbocycles. The zero-order valence-corrected chi connectivity index (χ0v) is 18.8. The topological polar surface area (TPSA) is 106 Å². The number of benzene rings is 1. The molecule has 1 unspecified atom stereocenters. The van der Waals surface area contributed by atoms with Crippen LogP contribution in [-0.2, 0) is 23.8 Å². The standard InChI is InChI=1S/C22H28FN3O6/c1-21(2,3)32-20(29)25-13-9-10-26(12-13)16-8-6-7-15(23)17(16)24-11-14-18(27)30-22(4,5)31-19(14)28/h6-8,11,13,24H,9-10,12H2,1-5H3,(H,25,29). The molecule has 174 valence electrons. The first-order chi connectivity index (χ1) is 14.8. The van der Waals surface area contributed by atoms with Crippen LogP contribution in [0.5, 0.6) is 0 Å². The number of hydrogen-bond donors (Lipinski definition) is 2. The van der Waals surface area contributed by atoms with Crippen LogP contribution >= 0.6 is 0 Å². The third-order valence-corrected chi connectivity index (χ3v) is 4.72. The number of anilines is 2. The second-order valence-electron chi connectivity index (χ2n) is 9.09. The second kappa shape index (κ2) is 8.68. The Kier molecular flexibility index (Phi) is 6.34. The summed E-state index contributed by atoms with van der Waals surface area (Å²) in [6.07, 6.45) is 1.21. The maximum Gasteiger partial charge on any atom is 0.407 e. The summed E-state index contributed by atoms with van der Waals surface area (Å²) < 4.78 is 30.0. The average Bonchev–Trinajstić information content (AvgIpc) is 3.07. The Hall–Kier alpha value is -3.30. The number of carbonyl (C=O) groups is 3. The molecular formula is C22H28FN3O6. The highest BCUT2D eigenvalue weighted by Gasteiger charge is 2.39. The van der Waals surface area contributed by atoms with Crippen molar-refractivity contribution in [3.05, 3.63) is 35.8 Å². The molecule has 2 N–H and O–H groups in total. The fourth-order valence-electron chi connectivity index (χ4n) is 3.41. The SMILES string of the molecule is CC(C)(C)OC(=O)NC1CCN(c2cccc(F)c2NC=C2C(=O)OC(C)(C)OC2=O)C1. The molecule has 2 aliphatic heterocycles. The molecule has 1 amide bonds. The van der Waals surface area contributed by atoms with Gasteiger partial charge in [-0.15, -0.1) is 0 Å². The third-order valence-electron chi connectivity index (χ3n) is 4.72. The Labute approximate surface area is 185 Å². The normalized spacial score (nSPS) is 20.4. The minimum Gasteiger partial charge on any atom is -0.444 e. The van der Waals surface area contributed by atoms with Crippen molar-refractivity contribution in [1.29, 1.82) is 0 Å². The molecule has 0 bridgehead atoms. The lowest BCUT2D eigenvalue weighted by Crippen LogP contribution is -2.42. The van der Waals surface area contributed by atoms with E-state index >= 15 is 0 Å². The Morgan fingerprint density at radius 1 is 1.25 bits per heavy atom. The molecular weight excluding hydrogens is 421 g/mol. The van der Waals surface area contributed by atoms with Crippen LogP contribution in [0.3, 0.4) is 0 Å². The number of halogens is 1. The molecule has 0 aromatic heterocycles. The molecule has 10 heteroatoms. The van der Waals surface area contributed by atoms with Crippen molar-refractivity contribution in [2.75, 3.05) is 23.3 Å². The number of esters is 2. The Bertz CT molecular complexity index is 931. The first-order valence-corrected chi connectivity index (χ1v) is 10.3. The average molecular weight is 449 g/mol. The van der Waals surface area contributed by atoms with Gasteiger partial charge in [-0.3, -0.25) is 0 Å². The van der Waals surface area contributed by atoms with E-state index in [0.29, 0.717) is 25.2 Å². The number of cyclic esters (lactones) is 2. The molecule has 2 heterocycles. The Balaban J connectivity index is 1.73. The van der Waals surface area contributed by atoms with Crippen molar-refractivity contribution in [3.63, 3.8) is 0 Å². The van der Waals surface area contributed by atoms with E-state index in [1.165, 1.54) is 19.9 Å². The van der Waals surface area contributed by atoms with Gasteiger partial charge >= 0.3 is 18.0 Å². The van der Waals surface area contributed by atoms with Crippen molar-refractivity contribution in [3.8, 4) is 0 Å². The summed E-state index contributed by atoms with van der Waals surface area (Å²) >= 11 is 0. The quantitative estimate of drug-likeness (QED) is 0.410. The molecule has 2 saturated heterocycles. The molecule has 32 heavy (non-hydrogen) atoms. The molecule has 3 rings (SSSR count). The van der Waals surface area contributed by atoms with Crippen LogP contribution in [0.15, 0.2) is 30.0 Å². The third kappa shape index (κ3) is 5.68. The number of nitrogens with zero attached hydrogens (tertiary/aromatic N) is 1. The van der Waals surface area contributed by atoms with Gasteiger partial charge in [-0.1, -0.05) is 6.07 Å². The first-order valence-electron chi connectivity index (χ1n) is 10.3. The van der Waals surface area contributed by atoms with Crippen molar-refractivity contribution in [2.45, 2.75) is 58.5 Å². The first kappa shape index (κ1) is 23.4. The summed E-state index contributed by atoms with van der Waals surface area (Å²) in [6.45, 7) is 9.23. The molecule has 1 aromatic rings. The van der Waals surface area contributed by atoms with E-state index in [1.807, 2.05) is 4.90 Å². The number of carbonyl (C=O) groups excluding carboxylic acids is 3. The highest BCUT2D eigenvalue weighted by atomic mass is 19.1. The highest BCUT2D eigenvalue weighted by molar-refractivity contribution is 6.15. The molecule has 1 atom stereocenters. The summed E-state index contributed by atoms with van der Waals surface area (Å²) in [6, 6.07) is 4.35. The van der Waals surface area contributed by atoms with Crippen LogP contribution in [0.4, 0.5) is 20.6 Å². The van der Waals surface area contributed by atoms with Gasteiger partial charge in [0.15, 0.2) is 5.57 Å². The van der Waals surface area contributed by atoms with E-state index in [9.17, 15) is 18.8 Å². The van der Waals surface area contributed by atoms with Gasteiger partial charge in [0.1, 0.15) is 11.4 Å². The molecule has 2 fully saturated rings. The van der Waals surface area contributed by atoms with Crippen molar-refractivity contribution >= 4 is 29.4 Å². The zero-order chi connectivity index (χ0) is 23.7. The van der Waals surface area contributed by atoms with Gasteiger partial charge in [-0.25, -0.2) is 18.8 Å². The summed E-state index contributed by atoms with van der Waals surface area (Å²) in [7, 11) is 0. The number of ether oxygens (including phenoxy) is 3. The highest BCUT2D eigenvalue weighted by Crippen LogP contribution is 2.32. The molecule has 0 radical (unpaired) electrons. The molecule has 0 saturated carbocycles. The van der Waals surface area contributed by atoms with Crippen LogP contribution < -0.4 is 15.5 Å². The van der Waals surface area contributed by atoms with Crippen LogP contribution in [0.2, 0.25) is 0 Å². The summed E-state index contributed by atoms with van der Waals surface area (Å²) in [5.74, 6) is -3.65. The monoisotopic (exact) mass is 449 g/mol. The predicted molar refractivity (Wildman–Crippen MR) is 114 cm³/mol. The van der Waals surface area contributed by atoms with E-state index in [-0.39, 0.29) is 17.3 Å². The Morgan fingerprint density at radius 2 is 1.91 bits per heavy atom. The van der Waals surface area contributed by atoms with Gasteiger partial charge < -0.3 is 29.7 Å². The molecule has 9 nitrogen and oxygen atoms in total. The fraction of sp³-hybridized carbons (Fsp3) is 0.500. The van der Waals surface area contributed by atoms with Gasteiger partial charge in [0, 0.05) is 33.1 Å². The minimum absolute atomic E-state index is 0.0864. The molecule has 2 aliphatic rings.